The molecule has 1 aromatic carbocycles. The number of aromatic nitrogens is 4. The Morgan fingerprint density at radius 2 is 1.83 bits per heavy atom. The van der Waals surface area contributed by atoms with Gasteiger partial charge in [0.05, 0.1) is 12.1 Å². The lowest BCUT2D eigenvalue weighted by molar-refractivity contribution is -0.131. The Bertz CT molecular complexity index is 966. The van der Waals surface area contributed by atoms with Crippen molar-refractivity contribution in [1.29, 1.82) is 0 Å². The third kappa shape index (κ3) is 4.90. The Morgan fingerprint density at radius 1 is 1.07 bits per heavy atom. The van der Waals surface area contributed by atoms with E-state index in [4.69, 9.17) is 0 Å². The number of hydrogen-bond donors (Lipinski definition) is 1. The van der Waals surface area contributed by atoms with Gasteiger partial charge in [-0.3, -0.25) is 10.1 Å². The Kier molecular flexibility index (Phi) is 5.69. The normalized spacial score (nSPS) is 16.4. The quantitative estimate of drug-likeness (QED) is 0.718. The summed E-state index contributed by atoms with van der Waals surface area (Å²) >= 11 is 0. The summed E-state index contributed by atoms with van der Waals surface area (Å²) in [4.78, 5) is 31.6. The van der Waals surface area contributed by atoms with Crippen LogP contribution in [-0.2, 0) is 11.2 Å². The van der Waals surface area contributed by atoms with Gasteiger partial charge < -0.3 is 4.90 Å². The van der Waals surface area contributed by atoms with Gasteiger partial charge in [0, 0.05) is 37.6 Å². The van der Waals surface area contributed by atoms with E-state index in [1.165, 1.54) is 12.1 Å². The molecule has 8 heteroatoms. The summed E-state index contributed by atoms with van der Waals surface area (Å²) in [5.74, 6) is 0.758. The number of piperidine rings is 1. The van der Waals surface area contributed by atoms with Crippen LogP contribution in [0.4, 0.5) is 16.3 Å². The van der Waals surface area contributed by atoms with Crippen molar-refractivity contribution in [2.75, 3.05) is 18.4 Å². The van der Waals surface area contributed by atoms with Gasteiger partial charge in [0.15, 0.2) is 0 Å². The minimum Gasteiger partial charge on any atom is -0.342 e. The monoisotopic (exact) mass is 392 g/mol. The van der Waals surface area contributed by atoms with E-state index >= 15 is 0 Å². The van der Waals surface area contributed by atoms with Crippen molar-refractivity contribution < 1.29 is 9.18 Å². The van der Waals surface area contributed by atoms with Crippen molar-refractivity contribution in [3.8, 4) is 0 Å². The van der Waals surface area contributed by atoms with Gasteiger partial charge in [-0.1, -0.05) is 12.1 Å². The molecule has 3 aromatic rings. The zero-order chi connectivity index (χ0) is 20.1. The Labute approximate surface area is 168 Å². The van der Waals surface area contributed by atoms with Crippen LogP contribution in [0.1, 0.15) is 30.0 Å². The highest BCUT2D eigenvalue weighted by Gasteiger charge is 2.26. The SMILES string of the molecule is O=C(Cc1ccc(F)cc1)N1CCC[C@@H](c2ccnc(Nc3ncccn3)n2)C1. The van der Waals surface area contributed by atoms with E-state index in [1.54, 1.807) is 36.8 Å². The van der Waals surface area contributed by atoms with Gasteiger partial charge >= 0.3 is 0 Å². The fraction of sp³-hybridized carbons (Fsp3) is 0.286. The number of hydrogen-bond acceptors (Lipinski definition) is 6. The zero-order valence-electron chi connectivity index (χ0n) is 15.8. The lowest BCUT2D eigenvalue weighted by Crippen LogP contribution is -2.40. The third-order valence-corrected chi connectivity index (χ3v) is 4.93. The molecule has 0 unspecified atom stereocenters. The molecule has 0 bridgehead atoms. The maximum Gasteiger partial charge on any atom is 0.229 e. The predicted molar refractivity (Wildman–Crippen MR) is 106 cm³/mol. The Morgan fingerprint density at radius 3 is 2.62 bits per heavy atom. The topological polar surface area (TPSA) is 83.9 Å². The van der Waals surface area contributed by atoms with Crippen LogP contribution in [-0.4, -0.2) is 43.8 Å². The second-order valence-electron chi connectivity index (χ2n) is 6.98. The summed E-state index contributed by atoms with van der Waals surface area (Å²) in [6.07, 6.45) is 7.13. The third-order valence-electron chi connectivity index (χ3n) is 4.93. The molecule has 0 spiro atoms. The van der Waals surface area contributed by atoms with Gasteiger partial charge in [-0.2, -0.15) is 0 Å². The number of carbonyl (C=O) groups excluding carboxylic acids is 1. The number of benzene rings is 1. The van der Waals surface area contributed by atoms with E-state index in [1.807, 2.05) is 11.0 Å². The van der Waals surface area contributed by atoms with Crippen molar-refractivity contribution in [3.05, 3.63) is 72.1 Å². The average Bonchev–Trinajstić information content (AvgIpc) is 2.76. The van der Waals surface area contributed by atoms with Crippen LogP contribution in [0.25, 0.3) is 0 Å². The van der Waals surface area contributed by atoms with E-state index in [9.17, 15) is 9.18 Å². The van der Waals surface area contributed by atoms with Gasteiger partial charge in [-0.25, -0.2) is 24.3 Å². The summed E-state index contributed by atoms with van der Waals surface area (Å²) in [7, 11) is 0. The number of amides is 1. The molecule has 1 aliphatic heterocycles. The molecule has 3 heterocycles. The van der Waals surface area contributed by atoms with Crippen LogP contribution in [0.2, 0.25) is 0 Å². The number of rotatable bonds is 5. The van der Waals surface area contributed by atoms with Crippen LogP contribution in [0.15, 0.2) is 55.0 Å². The van der Waals surface area contributed by atoms with Gasteiger partial charge in [0.1, 0.15) is 5.82 Å². The summed E-state index contributed by atoms with van der Waals surface area (Å²) in [6, 6.07) is 9.70. The van der Waals surface area contributed by atoms with Gasteiger partial charge in [-0.15, -0.1) is 0 Å². The lowest BCUT2D eigenvalue weighted by Gasteiger charge is -2.32. The first-order valence-corrected chi connectivity index (χ1v) is 9.56. The second-order valence-corrected chi connectivity index (χ2v) is 6.98. The molecule has 1 amide bonds. The molecule has 0 radical (unpaired) electrons. The number of halogens is 1. The number of carbonyl (C=O) groups is 1. The van der Waals surface area contributed by atoms with Gasteiger partial charge in [-0.05, 0) is 42.7 Å². The van der Waals surface area contributed by atoms with Crippen LogP contribution in [0.3, 0.4) is 0 Å². The lowest BCUT2D eigenvalue weighted by atomic mass is 9.94. The first-order valence-electron chi connectivity index (χ1n) is 9.56. The second kappa shape index (κ2) is 8.72. The molecule has 2 aromatic heterocycles. The van der Waals surface area contributed by atoms with E-state index in [-0.39, 0.29) is 24.1 Å². The van der Waals surface area contributed by atoms with Crippen molar-refractivity contribution in [1.82, 2.24) is 24.8 Å². The molecular formula is C21H21FN6O. The van der Waals surface area contributed by atoms with Crippen molar-refractivity contribution >= 4 is 17.8 Å². The number of likely N-dealkylation sites (tertiary alicyclic amines) is 1. The molecule has 1 atom stereocenters. The van der Waals surface area contributed by atoms with Gasteiger partial charge in [0.2, 0.25) is 17.8 Å². The van der Waals surface area contributed by atoms with E-state index in [0.29, 0.717) is 18.4 Å². The standard InChI is InChI=1S/C21H21FN6O/c22-17-6-4-15(5-7-17)13-19(29)28-12-1-3-16(14-28)18-8-11-25-21(26-18)27-20-23-9-2-10-24-20/h2,4-11,16H,1,3,12-14H2,(H,23,24,25,26,27)/t16-/m1/s1. The van der Waals surface area contributed by atoms with Crippen molar-refractivity contribution in [3.63, 3.8) is 0 Å². The summed E-state index contributed by atoms with van der Waals surface area (Å²) in [6.45, 7) is 1.34. The Balaban J connectivity index is 1.42. The molecule has 1 fully saturated rings. The number of nitrogens with one attached hydrogen (secondary N) is 1. The fourth-order valence-corrected chi connectivity index (χ4v) is 3.46. The van der Waals surface area contributed by atoms with Crippen LogP contribution < -0.4 is 5.32 Å². The molecule has 1 saturated heterocycles. The van der Waals surface area contributed by atoms with Crippen molar-refractivity contribution in [2.45, 2.75) is 25.2 Å². The molecule has 1 N–H and O–H groups in total. The predicted octanol–water partition coefficient (Wildman–Crippen LogP) is 3.10. The number of nitrogens with zero attached hydrogens (tertiary/aromatic N) is 5. The maximum absolute atomic E-state index is 13.1. The largest absolute Gasteiger partial charge is 0.342 e. The van der Waals surface area contributed by atoms with Crippen LogP contribution in [0, 0.1) is 5.82 Å². The maximum atomic E-state index is 13.1. The summed E-state index contributed by atoms with van der Waals surface area (Å²) < 4.78 is 13.1. The highest BCUT2D eigenvalue weighted by molar-refractivity contribution is 5.79. The molecule has 1 aliphatic rings. The van der Waals surface area contributed by atoms with Crippen LogP contribution in [0.5, 0.6) is 0 Å². The summed E-state index contributed by atoms with van der Waals surface area (Å²) in [5.41, 5.74) is 1.70. The summed E-state index contributed by atoms with van der Waals surface area (Å²) in [5, 5.41) is 3.00. The Hall–Kier alpha value is -3.42. The molecule has 29 heavy (non-hydrogen) atoms. The average molecular weight is 392 g/mol. The highest BCUT2D eigenvalue weighted by atomic mass is 19.1. The van der Waals surface area contributed by atoms with E-state index in [0.717, 1.165) is 30.6 Å². The van der Waals surface area contributed by atoms with E-state index < -0.39 is 0 Å². The fourth-order valence-electron chi connectivity index (χ4n) is 3.46. The van der Waals surface area contributed by atoms with E-state index in [2.05, 4.69) is 25.3 Å². The molecule has 4 rings (SSSR count). The smallest absolute Gasteiger partial charge is 0.229 e. The molecular weight excluding hydrogens is 371 g/mol. The van der Waals surface area contributed by atoms with Crippen LogP contribution >= 0.6 is 0 Å². The zero-order valence-corrected chi connectivity index (χ0v) is 15.8. The minimum absolute atomic E-state index is 0.0476. The number of anilines is 2. The molecule has 0 saturated carbocycles. The molecule has 7 nitrogen and oxygen atoms in total. The minimum atomic E-state index is -0.298. The first-order chi connectivity index (χ1) is 14.2. The molecule has 148 valence electrons. The first kappa shape index (κ1) is 18.9. The molecule has 0 aliphatic carbocycles. The van der Waals surface area contributed by atoms with Gasteiger partial charge in [0.25, 0.3) is 0 Å². The van der Waals surface area contributed by atoms with Crippen molar-refractivity contribution in [2.24, 2.45) is 0 Å². The highest BCUT2D eigenvalue weighted by Crippen LogP contribution is 2.26.